The van der Waals surface area contributed by atoms with E-state index in [9.17, 15) is 0 Å². The van der Waals surface area contributed by atoms with Crippen molar-refractivity contribution in [1.29, 1.82) is 0 Å². The van der Waals surface area contributed by atoms with Gasteiger partial charge in [0, 0.05) is 6.42 Å². The highest BCUT2D eigenvalue weighted by atomic mass is 16.7. The second kappa shape index (κ2) is 6.45. The molecule has 1 atom stereocenters. The van der Waals surface area contributed by atoms with E-state index in [4.69, 9.17) is 9.57 Å². The summed E-state index contributed by atoms with van der Waals surface area (Å²) in [7, 11) is 0. The van der Waals surface area contributed by atoms with Gasteiger partial charge in [0.15, 0.2) is 6.10 Å². The van der Waals surface area contributed by atoms with Crippen molar-refractivity contribution >= 4 is 5.71 Å². The molecule has 1 aliphatic rings. The maximum Gasteiger partial charge on any atom is 0.167 e. The summed E-state index contributed by atoms with van der Waals surface area (Å²) in [5.74, 6) is 0.870. The highest BCUT2D eigenvalue weighted by molar-refractivity contribution is 6.01. The lowest BCUT2D eigenvalue weighted by atomic mass is 9.87. The highest BCUT2D eigenvalue weighted by Gasteiger charge is 2.22. The monoisotopic (exact) mass is 309 g/mol. The van der Waals surface area contributed by atoms with Gasteiger partial charge in [-0.2, -0.15) is 0 Å². The second-order valence-corrected chi connectivity index (χ2v) is 6.92. The molecule has 1 aliphatic heterocycles. The molecule has 0 bridgehead atoms. The van der Waals surface area contributed by atoms with Gasteiger partial charge in [0.25, 0.3) is 0 Å². The lowest BCUT2D eigenvalue weighted by molar-refractivity contribution is 0.0471. The van der Waals surface area contributed by atoms with Gasteiger partial charge in [-0.1, -0.05) is 68.4 Å². The van der Waals surface area contributed by atoms with E-state index in [2.05, 4.69) is 50.2 Å². The van der Waals surface area contributed by atoms with Gasteiger partial charge in [-0.15, -0.1) is 0 Å². The number of oxime groups is 1. The van der Waals surface area contributed by atoms with Crippen molar-refractivity contribution < 1.29 is 9.57 Å². The van der Waals surface area contributed by atoms with Crippen molar-refractivity contribution in [3.05, 3.63) is 65.7 Å². The molecule has 0 fully saturated rings. The van der Waals surface area contributed by atoms with Crippen LogP contribution in [0.2, 0.25) is 0 Å². The van der Waals surface area contributed by atoms with Crippen LogP contribution in [-0.2, 0) is 10.3 Å². The molecule has 0 spiro atoms. The van der Waals surface area contributed by atoms with Gasteiger partial charge in [-0.25, -0.2) is 0 Å². The van der Waals surface area contributed by atoms with Gasteiger partial charge in [0.2, 0.25) is 0 Å². The minimum atomic E-state index is -0.0208. The van der Waals surface area contributed by atoms with Crippen LogP contribution in [0, 0.1) is 0 Å². The van der Waals surface area contributed by atoms with Crippen molar-refractivity contribution in [2.75, 3.05) is 6.61 Å². The van der Waals surface area contributed by atoms with Crippen LogP contribution < -0.4 is 4.74 Å². The average molecular weight is 309 g/mol. The molecule has 0 aliphatic carbocycles. The summed E-state index contributed by atoms with van der Waals surface area (Å²) in [5, 5.41) is 4.18. The van der Waals surface area contributed by atoms with E-state index in [-0.39, 0.29) is 11.5 Å². The Hall–Kier alpha value is -2.29. The van der Waals surface area contributed by atoms with Crippen LogP contribution in [0.5, 0.6) is 5.75 Å². The zero-order chi connectivity index (χ0) is 16.3. The molecule has 120 valence electrons. The van der Waals surface area contributed by atoms with Crippen molar-refractivity contribution in [2.45, 2.75) is 38.7 Å². The van der Waals surface area contributed by atoms with Gasteiger partial charge >= 0.3 is 0 Å². The first-order valence-electron chi connectivity index (χ1n) is 8.04. The Morgan fingerprint density at radius 1 is 1.04 bits per heavy atom. The molecule has 2 aromatic rings. The van der Waals surface area contributed by atoms with Crippen molar-refractivity contribution in [2.24, 2.45) is 5.16 Å². The fourth-order valence-corrected chi connectivity index (χ4v) is 2.56. The zero-order valence-electron chi connectivity index (χ0n) is 14.0. The molecule has 3 nitrogen and oxygen atoms in total. The lowest BCUT2D eigenvalue weighted by Gasteiger charge is -2.19. The number of benzene rings is 2. The van der Waals surface area contributed by atoms with Gasteiger partial charge in [0.1, 0.15) is 12.4 Å². The molecule has 2 aromatic carbocycles. The standard InChI is InChI=1S/C20H23NO2/c1-20(2,3)16-9-11-17(12-10-16)22-14-18-13-19(21-23-18)15-7-5-4-6-8-15/h4-12,18H,13-14H2,1-3H3. The summed E-state index contributed by atoms with van der Waals surface area (Å²) in [6.45, 7) is 7.13. The molecule has 23 heavy (non-hydrogen) atoms. The Labute approximate surface area is 137 Å². The van der Waals surface area contributed by atoms with Crippen LogP contribution in [0.25, 0.3) is 0 Å². The molecule has 0 saturated heterocycles. The first-order chi connectivity index (χ1) is 11.0. The van der Waals surface area contributed by atoms with Gasteiger partial charge in [-0.05, 0) is 28.7 Å². The van der Waals surface area contributed by atoms with Gasteiger partial charge in [-0.3, -0.25) is 0 Å². The molecule has 1 unspecified atom stereocenters. The Morgan fingerprint density at radius 2 is 1.74 bits per heavy atom. The van der Waals surface area contributed by atoms with E-state index < -0.39 is 0 Å². The van der Waals surface area contributed by atoms with Crippen LogP contribution in [0.3, 0.4) is 0 Å². The smallest absolute Gasteiger partial charge is 0.167 e. The molecule has 0 N–H and O–H groups in total. The number of nitrogens with zero attached hydrogens (tertiary/aromatic N) is 1. The SMILES string of the molecule is CC(C)(C)c1ccc(OCC2CC(c3ccccc3)=NO2)cc1. The summed E-state index contributed by atoms with van der Waals surface area (Å²) in [6, 6.07) is 18.4. The van der Waals surface area contributed by atoms with E-state index in [1.54, 1.807) is 0 Å². The summed E-state index contributed by atoms with van der Waals surface area (Å²) in [4.78, 5) is 5.48. The maximum atomic E-state index is 5.84. The van der Waals surface area contributed by atoms with Crippen LogP contribution in [0.1, 0.15) is 38.3 Å². The molecule has 1 heterocycles. The predicted octanol–water partition coefficient (Wildman–Crippen LogP) is 4.56. The van der Waals surface area contributed by atoms with Gasteiger partial charge < -0.3 is 9.57 Å². The summed E-state index contributed by atoms with van der Waals surface area (Å²) in [5.41, 5.74) is 3.56. The van der Waals surface area contributed by atoms with Crippen LogP contribution in [0.15, 0.2) is 59.8 Å². The van der Waals surface area contributed by atoms with Crippen molar-refractivity contribution in [3.8, 4) is 5.75 Å². The van der Waals surface area contributed by atoms with Crippen molar-refractivity contribution in [3.63, 3.8) is 0 Å². The van der Waals surface area contributed by atoms with Crippen LogP contribution in [0.4, 0.5) is 0 Å². The third kappa shape index (κ3) is 3.92. The molecule has 0 amide bonds. The lowest BCUT2D eigenvalue weighted by Crippen LogP contribution is -2.18. The normalized spacial score (nSPS) is 17.5. The Morgan fingerprint density at radius 3 is 2.39 bits per heavy atom. The number of hydrogen-bond donors (Lipinski definition) is 0. The zero-order valence-corrected chi connectivity index (χ0v) is 14.0. The molecular weight excluding hydrogens is 286 g/mol. The third-order valence-electron chi connectivity index (χ3n) is 4.00. The fraction of sp³-hybridized carbons (Fsp3) is 0.350. The number of hydrogen-bond acceptors (Lipinski definition) is 3. The first kappa shape index (κ1) is 15.6. The van der Waals surface area contributed by atoms with Crippen LogP contribution >= 0.6 is 0 Å². The summed E-state index contributed by atoms with van der Waals surface area (Å²) >= 11 is 0. The molecule has 3 rings (SSSR count). The van der Waals surface area contributed by atoms with E-state index >= 15 is 0 Å². The quantitative estimate of drug-likeness (QED) is 0.829. The molecule has 0 aromatic heterocycles. The molecule has 0 radical (unpaired) electrons. The van der Waals surface area contributed by atoms with E-state index in [0.717, 1.165) is 23.4 Å². The largest absolute Gasteiger partial charge is 0.490 e. The summed E-state index contributed by atoms with van der Waals surface area (Å²) in [6.07, 6.45) is 0.761. The Kier molecular flexibility index (Phi) is 4.37. The second-order valence-electron chi connectivity index (χ2n) is 6.92. The predicted molar refractivity (Wildman–Crippen MR) is 93.1 cm³/mol. The Bertz CT molecular complexity index is 669. The van der Waals surface area contributed by atoms with Crippen molar-refractivity contribution in [1.82, 2.24) is 0 Å². The maximum absolute atomic E-state index is 5.84. The minimum Gasteiger partial charge on any atom is -0.490 e. The average Bonchev–Trinajstić information content (AvgIpc) is 3.02. The van der Waals surface area contributed by atoms with E-state index in [1.807, 2.05) is 30.3 Å². The highest BCUT2D eigenvalue weighted by Crippen LogP contribution is 2.25. The van der Waals surface area contributed by atoms with E-state index in [1.165, 1.54) is 5.56 Å². The number of ether oxygens (including phenoxy) is 1. The third-order valence-corrected chi connectivity index (χ3v) is 4.00. The summed E-state index contributed by atoms with van der Waals surface area (Å²) < 4.78 is 5.84. The van der Waals surface area contributed by atoms with E-state index in [0.29, 0.717) is 6.61 Å². The fourth-order valence-electron chi connectivity index (χ4n) is 2.56. The number of rotatable bonds is 4. The Balaban J connectivity index is 1.52. The van der Waals surface area contributed by atoms with Crippen LogP contribution in [-0.4, -0.2) is 18.4 Å². The molecule has 0 saturated carbocycles. The molecular formula is C20H23NO2. The van der Waals surface area contributed by atoms with Gasteiger partial charge in [0.05, 0.1) is 5.71 Å². The minimum absolute atomic E-state index is 0.0208. The first-order valence-corrected chi connectivity index (χ1v) is 8.04. The topological polar surface area (TPSA) is 30.8 Å². The molecule has 3 heteroatoms.